The van der Waals surface area contributed by atoms with Gasteiger partial charge in [-0.25, -0.2) is 9.37 Å². The van der Waals surface area contributed by atoms with Crippen LogP contribution in [0.15, 0.2) is 36.8 Å². The maximum absolute atomic E-state index is 13.4. The molecule has 1 spiro atoms. The zero-order chi connectivity index (χ0) is 18.0. The summed E-state index contributed by atoms with van der Waals surface area (Å²) >= 11 is 0. The third-order valence-electron chi connectivity index (χ3n) is 5.41. The third kappa shape index (κ3) is 2.23. The lowest BCUT2D eigenvalue weighted by atomic mass is 9.99. The van der Waals surface area contributed by atoms with E-state index in [4.69, 9.17) is 9.84 Å². The Bertz CT molecular complexity index is 1170. The van der Waals surface area contributed by atoms with Gasteiger partial charge in [0.2, 0.25) is 0 Å². The number of halogens is 1. The van der Waals surface area contributed by atoms with Crippen LogP contribution in [0.4, 0.5) is 4.39 Å². The van der Waals surface area contributed by atoms with E-state index in [1.54, 1.807) is 18.5 Å². The van der Waals surface area contributed by atoms with Crippen molar-refractivity contribution < 1.29 is 9.13 Å². The molecule has 5 heterocycles. The molecule has 4 aromatic heterocycles. The predicted molar refractivity (Wildman–Crippen MR) is 95.1 cm³/mol. The predicted octanol–water partition coefficient (Wildman–Crippen LogP) is 3.09. The Morgan fingerprint density at radius 1 is 1.15 bits per heavy atom. The number of hydrogen-bond donors (Lipinski definition) is 1. The molecule has 1 fully saturated rings. The van der Waals surface area contributed by atoms with Crippen molar-refractivity contribution in [3.8, 4) is 22.5 Å². The normalized spacial score (nSPS) is 17.4. The molecule has 0 aromatic carbocycles. The topological polar surface area (TPSA) is 81.5 Å². The second kappa shape index (κ2) is 5.20. The summed E-state index contributed by atoms with van der Waals surface area (Å²) in [5, 5.41) is 12.8. The Morgan fingerprint density at radius 2 is 2.07 bits per heavy atom. The molecule has 27 heavy (non-hydrogen) atoms. The van der Waals surface area contributed by atoms with Gasteiger partial charge < -0.3 is 4.74 Å². The standard InChI is InChI=1S/C19H15FN6O/c20-11-1-2-14(22-7-11)17-16(12-3-6-21-18-13(12)8-23-24-18)15-9-27-19(4-5-19)10-26(15)25-17/h1-3,6-8H,4-5,9-10H2,(H,21,23,24). The summed E-state index contributed by atoms with van der Waals surface area (Å²) in [4.78, 5) is 8.60. The number of rotatable bonds is 2. The van der Waals surface area contributed by atoms with Gasteiger partial charge in [0.15, 0.2) is 5.65 Å². The summed E-state index contributed by atoms with van der Waals surface area (Å²) in [5.74, 6) is -0.370. The van der Waals surface area contributed by atoms with Gasteiger partial charge in [0.25, 0.3) is 0 Å². The van der Waals surface area contributed by atoms with Crippen LogP contribution in [0, 0.1) is 5.82 Å². The first-order valence-corrected chi connectivity index (χ1v) is 8.86. The second-order valence-electron chi connectivity index (χ2n) is 7.15. The molecule has 1 saturated carbocycles. The molecule has 0 bridgehead atoms. The molecule has 0 radical (unpaired) electrons. The zero-order valence-corrected chi connectivity index (χ0v) is 14.3. The molecule has 6 rings (SSSR count). The first-order chi connectivity index (χ1) is 13.2. The molecule has 0 unspecified atom stereocenters. The highest BCUT2D eigenvalue weighted by Crippen LogP contribution is 2.47. The number of aromatic nitrogens is 6. The van der Waals surface area contributed by atoms with Gasteiger partial charge in [-0.05, 0) is 31.0 Å². The van der Waals surface area contributed by atoms with Gasteiger partial charge in [-0.2, -0.15) is 10.2 Å². The van der Waals surface area contributed by atoms with Gasteiger partial charge in [0.05, 0.1) is 42.5 Å². The van der Waals surface area contributed by atoms with E-state index in [0.717, 1.165) is 47.3 Å². The van der Waals surface area contributed by atoms with Gasteiger partial charge in [-0.1, -0.05) is 0 Å². The SMILES string of the molecule is Fc1ccc(-c2nn3c(c2-c2ccnc4[nH]ncc24)COC2(CC2)C3)nc1. The molecular weight excluding hydrogens is 347 g/mol. The Hall–Kier alpha value is -3.13. The van der Waals surface area contributed by atoms with E-state index in [0.29, 0.717) is 17.9 Å². The maximum Gasteiger partial charge on any atom is 0.155 e. The molecule has 1 N–H and O–H groups in total. The Morgan fingerprint density at radius 3 is 2.89 bits per heavy atom. The van der Waals surface area contributed by atoms with Gasteiger partial charge in [-0.15, -0.1) is 0 Å². The second-order valence-corrected chi connectivity index (χ2v) is 7.15. The van der Waals surface area contributed by atoms with E-state index < -0.39 is 0 Å². The average molecular weight is 362 g/mol. The van der Waals surface area contributed by atoms with Crippen LogP contribution in [-0.2, 0) is 17.9 Å². The number of pyridine rings is 2. The molecule has 1 aliphatic heterocycles. The number of nitrogens with one attached hydrogen (secondary N) is 1. The lowest BCUT2D eigenvalue weighted by molar-refractivity contribution is -0.0194. The van der Waals surface area contributed by atoms with E-state index in [1.165, 1.54) is 12.3 Å². The molecule has 7 nitrogen and oxygen atoms in total. The summed E-state index contributed by atoms with van der Waals surface area (Å²) in [7, 11) is 0. The van der Waals surface area contributed by atoms with Crippen molar-refractivity contribution in [2.45, 2.75) is 31.6 Å². The van der Waals surface area contributed by atoms with E-state index in [9.17, 15) is 4.39 Å². The van der Waals surface area contributed by atoms with Crippen molar-refractivity contribution in [1.29, 1.82) is 0 Å². The maximum atomic E-state index is 13.4. The first kappa shape index (κ1) is 15.0. The van der Waals surface area contributed by atoms with Crippen molar-refractivity contribution in [3.63, 3.8) is 0 Å². The summed E-state index contributed by atoms with van der Waals surface area (Å²) < 4.78 is 21.6. The number of fused-ring (bicyclic) bond motifs is 2. The van der Waals surface area contributed by atoms with Crippen LogP contribution in [0.1, 0.15) is 18.5 Å². The lowest BCUT2D eigenvalue weighted by Crippen LogP contribution is -2.29. The van der Waals surface area contributed by atoms with Gasteiger partial charge >= 0.3 is 0 Å². The van der Waals surface area contributed by atoms with Crippen LogP contribution in [-0.4, -0.2) is 35.5 Å². The highest BCUT2D eigenvalue weighted by molar-refractivity contribution is 5.97. The van der Waals surface area contributed by atoms with Crippen LogP contribution in [0.25, 0.3) is 33.5 Å². The largest absolute Gasteiger partial charge is 0.367 e. The average Bonchev–Trinajstić information content (AvgIpc) is 3.11. The van der Waals surface area contributed by atoms with Crippen LogP contribution in [0.2, 0.25) is 0 Å². The van der Waals surface area contributed by atoms with Gasteiger partial charge in [0.1, 0.15) is 11.5 Å². The third-order valence-corrected chi connectivity index (χ3v) is 5.41. The molecule has 2 aliphatic rings. The van der Waals surface area contributed by atoms with Gasteiger partial charge in [0, 0.05) is 22.7 Å². The fraction of sp³-hybridized carbons (Fsp3) is 0.263. The van der Waals surface area contributed by atoms with Crippen molar-refractivity contribution >= 4 is 11.0 Å². The summed E-state index contributed by atoms with van der Waals surface area (Å²) in [6.07, 6.45) is 6.85. The molecule has 8 heteroatoms. The minimum absolute atomic E-state index is 0.0625. The molecule has 0 atom stereocenters. The van der Waals surface area contributed by atoms with Crippen LogP contribution < -0.4 is 0 Å². The monoisotopic (exact) mass is 362 g/mol. The highest BCUT2D eigenvalue weighted by atomic mass is 19.1. The summed E-state index contributed by atoms with van der Waals surface area (Å²) in [5.41, 5.74) is 4.91. The highest BCUT2D eigenvalue weighted by Gasteiger charge is 2.48. The minimum atomic E-state index is -0.370. The number of H-pyrrole nitrogens is 1. The van der Waals surface area contributed by atoms with Gasteiger partial charge in [-0.3, -0.25) is 14.8 Å². The molecule has 0 saturated heterocycles. The molecule has 134 valence electrons. The van der Waals surface area contributed by atoms with E-state index in [2.05, 4.69) is 20.2 Å². The Kier molecular flexibility index (Phi) is 2.88. The van der Waals surface area contributed by atoms with E-state index >= 15 is 0 Å². The van der Waals surface area contributed by atoms with Crippen LogP contribution in [0.5, 0.6) is 0 Å². The van der Waals surface area contributed by atoms with Crippen molar-refractivity contribution in [2.24, 2.45) is 0 Å². The molecule has 0 amide bonds. The number of hydrogen-bond acceptors (Lipinski definition) is 5. The Labute approximate surface area is 153 Å². The minimum Gasteiger partial charge on any atom is -0.367 e. The summed E-state index contributed by atoms with van der Waals surface area (Å²) in [6, 6.07) is 5.02. The molecular formula is C19H15FN6O. The van der Waals surface area contributed by atoms with E-state index in [-0.39, 0.29) is 11.4 Å². The van der Waals surface area contributed by atoms with Crippen molar-refractivity contribution in [1.82, 2.24) is 29.9 Å². The van der Waals surface area contributed by atoms with Crippen molar-refractivity contribution in [2.75, 3.05) is 0 Å². The number of aromatic amines is 1. The van der Waals surface area contributed by atoms with Crippen LogP contribution in [0.3, 0.4) is 0 Å². The lowest BCUT2D eigenvalue weighted by Gasteiger charge is -2.24. The molecule has 1 aliphatic carbocycles. The quantitative estimate of drug-likeness (QED) is 0.593. The molecule has 4 aromatic rings. The summed E-state index contributed by atoms with van der Waals surface area (Å²) in [6.45, 7) is 1.22. The Balaban J connectivity index is 1.62. The van der Waals surface area contributed by atoms with Crippen molar-refractivity contribution in [3.05, 3.63) is 48.3 Å². The number of nitrogens with zero attached hydrogens (tertiary/aromatic N) is 5. The number of ether oxygens (including phenoxy) is 1. The smallest absolute Gasteiger partial charge is 0.155 e. The first-order valence-electron chi connectivity index (χ1n) is 8.86. The zero-order valence-electron chi connectivity index (χ0n) is 14.3. The van der Waals surface area contributed by atoms with Crippen LogP contribution >= 0.6 is 0 Å². The fourth-order valence-electron chi connectivity index (χ4n) is 3.80. The van der Waals surface area contributed by atoms with E-state index in [1.807, 2.05) is 10.7 Å². The fourth-order valence-corrected chi connectivity index (χ4v) is 3.80.